The van der Waals surface area contributed by atoms with Crippen molar-refractivity contribution in [3.05, 3.63) is 53.6 Å². The van der Waals surface area contributed by atoms with Gasteiger partial charge < -0.3 is 15.6 Å². The van der Waals surface area contributed by atoms with Crippen molar-refractivity contribution in [2.24, 2.45) is 0 Å². The fourth-order valence-corrected chi connectivity index (χ4v) is 1.82. The number of ether oxygens (including phenoxy) is 1. The molecule has 0 aliphatic heterocycles. The highest BCUT2D eigenvalue weighted by Gasteiger charge is 2.05. The van der Waals surface area contributed by atoms with Crippen LogP contribution in [0.1, 0.15) is 30.9 Å². The number of rotatable bonds is 4. The van der Waals surface area contributed by atoms with Crippen molar-refractivity contribution >= 4 is 5.69 Å². The molecule has 3 heteroatoms. The molecule has 0 aliphatic carbocycles. The number of nitrogens with two attached hydrogens (primary N) is 1. The number of benzene rings is 2. The zero-order valence-corrected chi connectivity index (χ0v) is 11.3. The van der Waals surface area contributed by atoms with Crippen molar-refractivity contribution < 1.29 is 9.84 Å². The molecule has 0 unspecified atom stereocenters. The number of phenolic OH excluding ortho intramolecular Hbond substituents is 1. The zero-order chi connectivity index (χ0) is 13.8. The van der Waals surface area contributed by atoms with E-state index in [0.29, 0.717) is 18.3 Å². The molecule has 0 radical (unpaired) electrons. The molecule has 0 heterocycles. The molecule has 2 aromatic carbocycles. The van der Waals surface area contributed by atoms with E-state index in [1.807, 2.05) is 12.1 Å². The lowest BCUT2D eigenvalue weighted by molar-refractivity contribution is 0.306. The van der Waals surface area contributed by atoms with Crippen LogP contribution in [0.15, 0.2) is 42.5 Å². The first-order valence-electron chi connectivity index (χ1n) is 6.37. The molecular formula is C16H19NO2. The van der Waals surface area contributed by atoms with Gasteiger partial charge in [0.2, 0.25) is 0 Å². The van der Waals surface area contributed by atoms with Gasteiger partial charge in [0, 0.05) is 0 Å². The second-order valence-electron chi connectivity index (χ2n) is 4.87. The second-order valence-corrected chi connectivity index (χ2v) is 4.87. The molecule has 100 valence electrons. The van der Waals surface area contributed by atoms with Crippen molar-refractivity contribution in [3.63, 3.8) is 0 Å². The molecule has 3 N–H and O–H groups in total. The molecule has 0 spiro atoms. The van der Waals surface area contributed by atoms with Gasteiger partial charge in [0.1, 0.15) is 23.8 Å². The van der Waals surface area contributed by atoms with Crippen molar-refractivity contribution in [2.45, 2.75) is 26.4 Å². The van der Waals surface area contributed by atoms with Gasteiger partial charge >= 0.3 is 0 Å². The first-order valence-corrected chi connectivity index (χ1v) is 6.37. The number of hydrogen-bond donors (Lipinski definition) is 2. The second kappa shape index (κ2) is 5.65. The summed E-state index contributed by atoms with van der Waals surface area (Å²) in [5.41, 5.74) is 8.40. The van der Waals surface area contributed by atoms with E-state index in [0.717, 1.165) is 5.56 Å². The fraction of sp³-hybridized carbons (Fsp3) is 0.250. The van der Waals surface area contributed by atoms with Gasteiger partial charge in [0.15, 0.2) is 0 Å². The van der Waals surface area contributed by atoms with Crippen molar-refractivity contribution in [3.8, 4) is 11.5 Å². The molecule has 0 bridgehead atoms. The summed E-state index contributed by atoms with van der Waals surface area (Å²) in [5.74, 6) is 1.08. The highest BCUT2D eigenvalue weighted by molar-refractivity contribution is 5.61. The summed E-state index contributed by atoms with van der Waals surface area (Å²) in [6.07, 6.45) is 0. The Balaban J connectivity index is 2.04. The Hall–Kier alpha value is -2.16. The number of aromatic hydroxyl groups is 1. The number of nitrogen functional groups attached to an aromatic ring is 1. The first-order chi connectivity index (χ1) is 9.08. The summed E-state index contributed by atoms with van der Waals surface area (Å²) in [6.45, 7) is 4.77. The van der Waals surface area contributed by atoms with Gasteiger partial charge in [-0.2, -0.15) is 0 Å². The predicted molar refractivity (Wildman–Crippen MR) is 77.4 cm³/mol. The van der Waals surface area contributed by atoms with Crippen LogP contribution in [0.5, 0.6) is 11.5 Å². The minimum atomic E-state index is 0.0488. The highest BCUT2D eigenvalue weighted by Crippen LogP contribution is 2.30. The Morgan fingerprint density at radius 1 is 1.11 bits per heavy atom. The van der Waals surface area contributed by atoms with E-state index < -0.39 is 0 Å². The number of anilines is 1. The van der Waals surface area contributed by atoms with E-state index in [2.05, 4.69) is 26.0 Å². The number of phenols is 1. The Morgan fingerprint density at radius 2 is 1.79 bits per heavy atom. The van der Waals surface area contributed by atoms with Crippen LogP contribution in [0.4, 0.5) is 5.69 Å². The quantitative estimate of drug-likeness (QED) is 0.649. The molecule has 0 atom stereocenters. The summed E-state index contributed by atoms with van der Waals surface area (Å²) in [5, 5.41) is 9.49. The highest BCUT2D eigenvalue weighted by atomic mass is 16.5. The van der Waals surface area contributed by atoms with Gasteiger partial charge in [-0.1, -0.05) is 44.2 Å². The van der Waals surface area contributed by atoms with Crippen LogP contribution < -0.4 is 10.5 Å². The lowest BCUT2D eigenvalue weighted by Crippen LogP contribution is -1.99. The van der Waals surface area contributed by atoms with Gasteiger partial charge in [0.25, 0.3) is 0 Å². The Bertz CT molecular complexity index is 547. The van der Waals surface area contributed by atoms with Crippen LogP contribution in [0, 0.1) is 0 Å². The molecule has 2 aromatic rings. The summed E-state index contributed by atoms with van der Waals surface area (Å²) in [4.78, 5) is 0. The largest absolute Gasteiger partial charge is 0.506 e. The third kappa shape index (κ3) is 3.19. The molecule has 0 amide bonds. The van der Waals surface area contributed by atoms with E-state index in [-0.39, 0.29) is 11.4 Å². The van der Waals surface area contributed by atoms with E-state index in [9.17, 15) is 5.11 Å². The zero-order valence-electron chi connectivity index (χ0n) is 11.3. The van der Waals surface area contributed by atoms with Gasteiger partial charge in [-0.05, 0) is 29.2 Å². The van der Waals surface area contributed by atoms with E-state index in [4.69, 9.17) is 10.5 Å². The number of hydrogen-bond acceptors (Lipinski definition) is 3. The van der Waals surface area contributed by atoms with Crippen molar-refractivity contribution in [2.75, 3.05) is 5.73 Å². The van der Waals surface area contributed by atoms with Crippen LogP contribution in [0.25, 0.3) is 0 Å². The fourth-order valence-electron chi connectivity index (χ4n) is 1.82. The standard InChI is InChI=1S/C16H19NO2/c1-11(2)13-8-6-12(7-9-13)10-19-15-5-3-4-14(18)16(15)17/h3-9,11,18H,10,17H2,1-2H3. The van der Waals surface area contributed by atoms with Gasteiger partial charge in [-0.25, -0.2) is 0 Å². The maximum absolute atomic E-state index is 9.49. The molecule has 3 nitrogen and oxygen atoms in total. The Kier molecular flexibility index (Phi) is 3.95. The molecule has 2 rings (SSSR count). The molecule has 19 heavy (non-hydrogen) atoms. The molecular weight excluding hydrogens is 238 g/mol. The minimum Gasteiger partial charge on any atom is -0.506 e. The molecule has 0 aromatic heterocycles. The Labute approximate surface area is 113 Å². The third-order valence-electron chi connectivity index (χ3n) is 3.08. The van der Waals surface area contributed by atoms with Crippen LogP contribution in [-0.4, -0.2) is 5.11 Å². The molecule has 0 aliphatic rings. The Morgan fingerprint density at radius 3 is 2.42 bits per heavy atom. The topological polar surface area (TPSA) is 55.5 Å². The summed E-state index contributed by atoms with van der Waals surface area (Å²) in [6, 6.07) is 13.3. The third-order valence-corrected chi connectivity index (χ3v) is 3.08. The monoisotopic (exact) mass is 257 g/mol. The first kappa shape index (κ1) is 13.3. The maximum Gasteiger partial charge on any atom is 0.146 e. The number of para-hydroxylation sites is 1. The maximum atomic E-state index is 9.49. The average Bonchev–Trinajstić information content (AvgIpc) is 2.41. The summed E-state index contributed by atoms with van der Waals surface area (Å²) >= 11 is 0. The molecule has 0 saturated carbocycles. The van der Waals surface area contributed by atoms with Gasteiger partial charge in [-0.15, -0.1) is 0 Å². The summed E-state index contributed by atoms with van der Waals surface area (Å²) in [7, 11) is 0. The lowest BCUT2D eigenvalue weighted by Gasteiger charge is -2.11. The van der Waals surface area contributed by atoms with E-state index in [1.54, 1.807) is 18.2 Å². The van der Waals surface area contributed by atoms with Crippen LogP contribution in [0.3, 0.4) is 0 Å². The summed E-state index contributed by atoms with van der Waals surface area (Å²) < 4.78 is 5.62. The minimum absolute atomic E-state index is 0.0488. The SMILES string of the molecule is CC(C)c1ccc(COc2cccc(O)c2N)cc1. The van der Waals surface area contributed by atoms with Crippen molar-refractivity contribution in [1.29, 1.82) is 0 Å². The lowest BCUT2D eigenvalue weighted by atomic mass is 10.0. The molecule has 0 fully saturated rings. The van der Waals surface area contributed by atoms with E-state index in [1.165, 1.54) is 5.56 Å². The van der Waals surface area contributed by atoms with Crippen molar-refractivity contribution in [1.82, 2.24) is 0 Å². The molecule has 0 saturated heterocycles. The van der Waals surface area contributed by atoms with Gasteiger partial charge in [0.05, 0.1) is 0 Å². The normalized spacial score (nSPS) is 10.7. The predicted octanol–water partition coefficient (Wildman–Crippen LogP) is 3.68. The van der Waals surface area contributed by atoms with Crippen LogP contribution in [0.2, 0.25) is 0 Å². The smallest absolute Gasteiger partial charge is 0.146 e. The van der Waals surface area contributed by atoms with Crippen LogP contribution in [-0.2, 0) is 6.61 Å². The van der Waals surface area contributed by atoms with E-state index >= 15 is 0 Å². The van der Waals surface area contributed by atoms with Crippen LogP contribution >= 0.6 is 0 Å². The average molecular weight is 257 g/mol. The van der Waals surface area contributed by atoms with Gasteiger partial charge in [-0.3, -0.25) is 0 Å².